The first-order valence-corrected chi connectivity index (χ1v) is 35.9. The van der Waals surface area contributed by atoms with Crippen LogP contribution >= 0.6 is 0 Å². The molecular formula is C70H56N56. The molecule has 0 aromatic carbocycles. The van der Waals surface area contributed by atoms with Crippen LogP contribution in [0.4, 0.5) is 0 Å². The van der Waals surface area contributed by atoms with E-state index in [1.165, 1.54) is 25.3 Å². The zero-order chi connectivity index (χ0) is 85.5. The maximum atomic E-state index is 3.98. The van der Waals surface area contributed by atoms with Crippen molar-refractivity contribution in [3.8, 4) is 0 Å². The van der Waals surface area contributed by atoms with Crippen LogP contribution in [0.15, 0.2) is 349 Å². The first-order chi connectivity index (χ1) is 62.5. The number of fused-ring (bicyclic) bond motifs is 14. The van der Waals surface area contributed by atoms with Gasteiger partial charge in [0.2, 0.25) is 5.78 Å². The van der Waals surface area contributed by atoms with Crippen molar-refractivity contribution >= 4 is 79.1 Å². The molecule has 0 saturated carbocycles. The lowest BCUT2D eigenvalue weighted by atomic mass is 10.5. The van der Waals surface area contributed by atoms with Gasteiger partial charge in [0.1, 0.15) is 113 Å². The SMILES string of the molecule is c1cc2cncn2nn1.c1cc2nccn2nn1.c1cc2nncn2cn1.c1cn2ccnc2nn1.c1cn2cncnc2n1.c1cn2cnnc2cn1.c1cn2cnncc2n1.c1cn2ncncc2n1.c1cnn2ccnc2n1.c1cnn2cncc2n1.c1cnn2cnnc2c1.c1ncc2cncn2n1.c1ncn2cncc2n1.c1ncn2cnncc12. The molecule has 0 bridgehead atoms. The Kier molecular flexibility index (Phi) is 27.6. The van der Waals surface area contributed by atoms with E-state index in [2.05, 4.69) is 212 Å². The molecule has 126 heavy (non-hydrogen) atoms. The number of aromatic nitrogens is 56. The van der Waals surface area contributed by atoms with Gasteiger partial charge in [-0.2, -0.15) is 40.8 Å². The van der Waals surface area contributed by atoms with Crippen molar-refractivity contribution in [2.24, 2.45) is 0 Å². The van der Waals surface area contributed by atoms with Crippen molar-refractivity contribution in [3.63, 3.8) is 0 Å². The molecule has 0 saturated heterocycles. The standard InChI is InChI=1S/14C5H4N4/c1-5-8-2-7-4-9(5)3-6-1;1-5-2-7-8-4-9(5)3-6-1;1-5-2-7-4-9(5)8-3-6-1;1-3-9-4-2-7-8-5(9)6-1;1-2-9-4-6-3-8-5(9)7-1;1-2-9-5(7-1)3-6-4-8-9;1-2-8-9-4-6-3-5(9)7-1;1-2-9-4-8-7-3-5(9)6-1;1-2-9-4-7-8-5(9)3-6-1;1-2-6-3-9-4-7-8-5(1)9;1-2-7-8-9-4-6-3-5(1)9;1-2-8-9-4-3-7-5(9)6-1;1-2-7-8-9-4-3-6-5(1)9;1-2-5-8-6-4-9(5)7-3-1/h14*1-4H. The molecule has 0 N–H and O–H groups in total. The lowest BCUT2D eigenvalue weighted by molar-refractivity contribution is 0.803. The van der Waals surface area contributed by atoms with E-state index in [9.17, 15) is 0 Å². The van der Waals surface area contributed by atoms with Crippen LogP contribution in [0.3, 0.4) is 0 Å². The largest absolute Gasteiger partial charge is 0.288 e. The van der Waals surface area contributed by atoms with Gasteiger partial charge in [-0.3, -0.25) is 35.8 Å². The first kappa shape index (κ1) is 80.9. The van der Waals surface area contributed by atoms with Crippen LogP contribution in [0.2, 0.25) is 0 Å². The summed E-state index contributed by atoms with van der Waals surface area (Å²) in [7, 11) is 0. The van der Waals surface area contributed by atoms with Crippen molar-refractivity contribution in [1.82, 2.24) is 274 Å². The summed E-state index contributed by atoms with van der Waals surface area (Å²) in [6, 6.07) is 9.12. The molecule has 0 spiro atoms. The van der Waals surface area contributed by atoms with Crippen LogP contribution in [0, 0.1) is 0 Å². The molecule has 0 fully saturated rings. The van der Waals surface area contributed by atoms with E-state index in [1.54, 1.807) is 355 Å². The van der Waals surface area contributed by atoms with Gasteiger partial charge in [0.05, 0.1) is 123 Å². The van der Waals surface area contributed by atoms with E-state index in [0.29, 0.717) is 17.3 Å². The molecule has 0 aliphatic heterocycles. The van der Waals surface area contributed by atoms with Gasteiger partial charge in [-0.15, -0.1) is 56.1 Å². The number of hydrogen-bond donors (Lipinski definition) is 0. The highest BCUT2D eigenvalue weighted by Gasteiger charge is 1.98. The van der Waals surface area contributed by atoms with Gasteiger partial charge in [0, 0.05) is 111 Å². The number of hydrogen-bond acceptors (Lipinski definition) is 42. The fourth-order valence-corrected chi connectivity index (χ4v) is 9.56. The second-order valence-corrected chi connectivity index (χ2v) is 23.2. The minimum atomic E-state index is 0.637. The zero-order valence-corrected chi connectivity index (χ0v) is 64.4. The Morgan fingerprint density at radius 2 is 0.698 bits per heavy atom. The van der Waals surface area contributed by atoms with Crippen molar-refractivity contribution < 1.29 is 0 Å². The molecule has 0 atom stereocenters. The van der Waals surface area contributed by atoms with E-state index in [0.717, 1.165) is 61.7 Å². The van der Waals surface area contributed by atoms with Gasteiger partial charge in [0.25, 0.3) is 11.6 Å². The van der Waals surface area contributed by atoms with Crippen LogP contribution in [-0.4, -0.2) is 274 Å². The molecule has 0 unspecified atom stereocenters. The van der Waals surface area contributed by atoms with E-state index in [-0.39, 0.29) is 0 Å². The molecule has 28 rings (SSSR count). The third-order valence-electron chi connectivity index (χ3n) is 15.3. The number of rotatable bonds is 0. The lowest BCUT2D eigenvalue weighted by Gasteiger charge is -1.85. The molecule has 56 nitrogen and oxygen atoms in total. The molecule has 0 aliphatic carbocycles. The molecule has 28 heterocycles. The highest BCUT2D eigenvalue weighted by Crippen LogP contribution is 2.01. The summed E-state index contributed by atoms with van der Waals surface area (Å²) < 4.78 is 23.8. The molecule has 0 amide bonds. The average molecular weight is 1680 g/mol. The summed E-state index contributed by atoms with van der Waals surface area (Å²) in [5.41, 5.74) is 9.24. The maximum absolute atomic E-state index is 3.98. The summed E-state index contributed by atoms with van der Waals surface area (Å²) >= 11 is 0. The second-order valence-electron chi connectivity index (χ2n) is 23.2. The van der Waals surface area contributed by atoms with Gasteiger partial charge in [-0.05, 0) is 18.2 Å². The molecular weight excluding hydrogens is 1630 g/mol. The monoisotopic (exact) mass is 1680 g/mol. The van der Waals surface area contributed by atoms with Crippen molar-refractivity contribution in [2.45, 2.75) is 0 Å². The summed E-state index contributed by atoms with van der Waals surface area (Å²) in [5.74, 6) is 1.96. The molecule has 0 aliphatic rings. The van der Waals surface area contributed by atoms with Gasteiger partial charge in [-0.1, -0.05) is 10.4 Å². The smallest absolute Gasteiger partial charge is 0.253 e. The summed E-state index contributed by atoms with van der Waals surface area (Å²) in [6.07, 6.45) is 84.8. The highest BCUT2D eigenvalue weighted by molar-refractivity contribution is 5.42. The average Bonchev–Trinajstić information content (AvgIpc) is 1.88. The van der Waals surface area contributed by atoms with Crippen molar-refractivity contribution in [2.75, 3.05) is 0 Å². The van der Waals surface area contributed by atoms with Gasteiger partial charge >= 0.3 is 0 Å². The Bertz CT molecular complexity index is 5720. The Morgan fingerprint density at radius 1 is 0.175 bits per heavy atom. The maximum Gasteiger partial charge on any atom is 0.253 e. The summed E-state index contributed by atoms with van der Waals surface area (Å²) in [5, 5.41) is 78.7. The topological polar surface area (TPSA) is 603 Å². The number of imidazole rings is 11. The Balaban J connectivity index is 0.000000105. The van der Waals surface area contributed by atoms with Crippen molar-refractivity contribution in [3.05, 3.63) is 349 Å². The number of nitrogens with zero attached hydrogens (tertiary/aromatic N) is 56. The van der Waals surface area contributed by atoms with Crippen LogP contribution in [0.5, 0.6) is 0 Å². The fraction of sp³-hybridized carbons (Fsp3) is 0. The molecule has 28 aromatic heterocycles. The normalized spacial score (nSPS) is 10.2. The van der Waals surface area contributed by atoms with Crippen LogP contribution in [0.1, 0.15) is 0 Å². The predicted molar refractivity (Wildman–Crippen MR) is 431 cm³/mol. The second kappa shape index (κ2) is 43.1. The fourth-order valence-electron chi connectivity index (χ4n) is 9.56. The highest BCUT2D eigenvalue weighted by atomic mass is 15.4. The quantitative estimate of drug-likeness (QED) is 0.209. The predicted octanol–water partition coefficient (Wildman–Crippen LogP) is 1.74. The van der Waals surface area contributed by atoms with Crippen LogP contribution < -0.4 is 0 Å². The first-order valence-electron chi connectivity index (χ1n) is 35.9. The van der Waals surface area contributed by atoms with E-state index in [4.69, 9.17) is 0 Å². The van der Waals surface area contributed by atoms with E-state index >= 15 is 0 Å². The summed E-state index contributed by atoms with van der Waals surface area (Å²) in [4.78, 5) is 81.6. The van der Waals surface area contributed by atoms with Gasteiger partial charge in [-0.25, -0.2) is 131 Å². The van der Waals surface area contributed by atoms with Gasteiger partial charge in [0.15, 0.2) is 45.2 Å². The molecule has 56 heteroatoms. The third kappa shape index (κ3) is 23.1. The molecule has 616 valence electrons. The van der Waals surface area contributed by atoms with E-state index < -0.39 is 0 Å². The Morgan fingerprint density at radius 3 is 1.52 bits per heavy atom. The van der Waals surface area contributed by atoms with Gasteiger partial charge < -0.3 is 0 Å². The lowest BCUT2D eigenvalue weighted by Crippen LogP contribution is -1.90. The minimum Gasteiger partial charge on any atom is -0.288 e. The third-order valence-corrected chi connectivity index (χ3v) is 15.3. The summed E-state index contributed by atoms with van der Waals surface area (Å²) in [6.45, 7) is 0. The zero-order valence-electron chi connectivity index (χ0n) is 64.4. The van der Waals surface area contributed by atoms with Crippen molar-refractivity contribution in [1.29, 1.82) is 0 Å². The minimum absolute atomic E-state index is 0.637. The molecule has 0 radical (unpaired) electrons. The van der Waals surface area contributed by atoms with E-state index in [1.807, 2.05) is 30.6 Å². The Labute approximate surface area is 699 Å². The molecule has 28 aromatic rings. The van der Waals surface area contributed by atoms with Crippen LogP contribution in [-0.2, 0) is 0 Å². The Hall–Kier alpha value is -20.3. The van der Waals surface area contributed by atoms with Crippen LogP contribution in [0.25, 0.3) is 79.1 Å².